The van der Waals surface area contributed by atoms with E-state index in [2.05, 4.69) is 80.4 Å². The molecule has 1 saturated carbocycles. The van der Waals surface area contributed by atoms with Gasteiger partial charge in [0.15, 0.2) is 0 Å². The zero-order valence-electron chi connectivity index (χ0n) is 21.3. The summed E-state index contributed by atoms with van der Waals surface area (Å²) in [5.74, 6) is 1.10. The van der Waals surface area contributed by atoms with E-state index in [1.165, 1.54) is 67.6 Å². The highest BCUT2D eigenvalue weighted by Crippen LogP contribution is 2.19. The molecule has 3 heteroatoms. The van der Waals surface area contributed by atoms with Gasteiger partial charge in [-0.25, -0.2) is 0 Å². The number of hydrogen-bond donors (Lipinski definition) is 1. The highest BCUT2D eigenvalue weighted by atomic mass is 16.1. The van der Waals surface area contributed by atoms with Crippen molar-refractivity contribution in [3.8, 4) is 0 Å². The molecule has 0 atom stereocenters. The van der Waals surface area contributed by atoms with Gasteiger partial charge < -0.3 is 10.2 Å². The van der Waals surface area contributed by atoms with Crippen LogP contribution >= 0.6 is 0 Å². The summed E-state index contributed by atoms with van der Waals surface area (Å²) < 4.78 is 0. The maximum Gasteiger partial charge on any atom is 0.224 e. The van der Waals surface area contributed by atoms with Gasteiger partial charge in [-0.2, -0.15) is 0 Å². The third-order valence-corrected chi connectivity index (χ3v) is 6.95. The minimum absolute atomic E-state index is 0.162. The number of piperidine rings is 1. The summed E-state index contributed by atoms with van der Waals surface area (Å²) in [5, 5.41) is 3.02. The summed E-state index contributed by atoms with van der Waals surface area (Å²) >= 11 is 0. The van der Waals surface area contributed by atoms with Gasteiger partial charge in [0, 0.05) is 12.6 Å². The van der Waals surface area contributed by atoms with Gasteiger partial charge in [-0.05, 0) is 93.6 Å². The van der Waals surface area contributed by atoms with E-state index in [1.807, 2.05) is 0 Å². The first-order valence-electron chi connectivity index (χ1n) is 13.1. The summed E-state index contributed by atoms with van der Waals surface area (Å²) in [6.07, 6.45) is 9.09. The first-order valence-corrected chi connectivity index (χ1v) is 13.1. The quantitative estimate of drug-likeness (QED) is 0.534. The normalized spacial score (nSPS) is 16.7. The Morgan fingerprint density at radius 3 is 2.21 bits per heavy atom. The van der Waals surface area contributed by atoms with Crippen LogP contribution in [0.3, 0.4) is 0 Å². The lowest BCUT2D eigenvalue weighted by Gasteiger charge is -2.30. The molecule has 1 amide bonds. The van der Waals surface area contributed by atoms with Gasteiger partial charge in [-0.3, -0.25) is 4.79 Å². The minimum atomic E-state index is 0.162. The van der Waals surface area contributed by atoms with Crippen molar-refractivity contribution in [3.63, 3.8) is 0 Å². The molecular weight excluding hydrogens is 404 g/mol. The molecule has 2 fully saturated rings. The van der Waals surface area contributed by atoms with Crippen LogP contribution in [0.1, 0.15) is 73.8 Å². The monoisotopic (exact) mass is 448 g/mol. The Morgan fingerprint density at radius 1 is 0.939 bits per heavy atom. The largest absolute Gasteiger partial charge is 0.353 e. The molecule has 2 aromatic carbocycles. The second-order valence-corrected chi connectivity index (χ2v) is 10.3. The molecule has 3 nitrogen and oxygen atoms in total. The van der Waals surface area contributed by atoms with Crippen LogP contribution in [0.2, 0.25) is 0 Å². The predicted octanol–water partition coefficient (Wildman–Crippen LogP) is 6.04. The molecule has 0 bridgehead atoms. The van der Waals surface area contributed by atoms with Crippen LogP contribution in [0.25, 0.3) is 0 Å². The predicted molar refractivity (Wildman–Crippen MR) is 140 cm³/mol. The van der Waals surface area contributed by atoms with E-state index in [4.69, 9.17) is 0 Å². The molecular formula is C30H44N2O. The lowest BCUT2D eigenvalue weighted by atomic mass is 9.99. The summed E-state index contributed by atoms with van der Waals surface area (Å²) in [6.45, 7) is 12.7. The number of benzene rings is 2. The van der Waals surface area contributed by atoms with Crippen LogP contribution in [0.5, 0.6) is 0 Å². The molecule has 0 aromatic heterocycles. The highest BCUT2D eigenvalue weighted by Gasteiger charge is 2.23. The van der Waals surface area contributed by atoms with Crippen molar-refractivity contribution in [2.24, 2.45) is 5.92 Å². The van der Waals surface area contributed by atoms with E-state index in [1.54, 1.807) is 0 Å². The zero-order chi connectivity index (χ0) is 23.6. The summed E-state index contributed by atoms with van der Waals surface area (Å²) in [6, 6.07) is 15.8. The smallest absolute Gasteiger partial charge is 0.224 e. The Labute approximate surface area is 202 Å². The van der Waals surface area contributed by atoms with Crippen molar-refractivity contribution < 1.29 is 4.79 Å². The van der Waals surface area contributed by atoms with Gasteiger partial charge in [-0.15, -0.1) is 0 Å². The first-order chi connectivity index (χ1) is 15.9. The summed E-state index contributed by atoms with van der Waals surface area (Å²) in [4.78, 5) is 14.3. The van der Waals surface area contributed by atoms with Crippen molar-refractivity contribution >= 4 is 5.91 Å². The Kier molecular flexibility index (Phi) is 9.99. The van der Waals surface area contributed by atoms with Gasteiger partial charge in [0.2, 0.25) is 5.91 Å². The average molecular weight is 449 g/mol. The van der Waals surface area contributed by atoms with Crippen LogP contribution < -0.4 is 5.32 Å². The van der Waals surface area contributed by atoms with Gasteiger partial charge in [0.05, 0.1) is 6.42 Å². The molecule has 1 heterocycles. The molecule has 2 aliphatic rings. The van der Waals surface area contributed by atoms with Crippen molar-refractivity contribution in [2.45, 2.75) is 85.1 Å². The van der Waals surface area contributed by atoms with Crippen molar-refractivity contribution in [3.05, 3.63) is 70.3 Å². The molecule has 180 valence electrons. The fourth-order valence-corrected chi connectivity index (χ4v) is 4.44. The number of aryl methyl sites for hydroxylation is 3. The Hall–Kier alpha value is -2.13. The molecule has 4 rings (SSSR count). The van der Waals surface area contributed by atoms with Crippen LogP contribution in [-0.2, 0) is 24.1 Å². The Balaban J connectivity index is 0.000000186. The molecule has 0 unspecified atom stereocenters. The Morgan fingerprint density at radius 2 is 1.61 bits per heavy atom. The topological polar surface area (TPSA) is 32.3 Å². The number of rotatable bonds is 8. The van der Waals surface area contributed by atoms with Gasteiger partial charge in [0.1, 0.15) is 0 Å². The molecule has 0 radical (unpaired) electrons. The van der Waals surface area contributed by atoms with Crippen molar-refractivity contribution in [1.82, 2.24) is 10.2 Å². The van der Waals surface area contributed by atoms with Crippen molar-refractivity contribution in [1.29, 1.82) is 0 Å². The number of nitrogens with zero attached hydrogens (tertiary/aromatic N) is 1. The van der Waals surface area contributed by atoms with E-state index < -0.39 is 0 Å². The number of hydrogen-bond acceptors (Lipinski definition) is 2. The fourth-order valence-electron chi connectivity index (χ4n) is 4.44. The number of amides is 1. The second-order valence-electron chi connectivity index (χ2n) is 10.3. The highest BCUT2D eigenvalue weighted by molar-refractivity contribution is 5.79. The number of likely N-dealkylation sites (tertiary alicyclic amines) is 1. The van der Waals surface area contributed by atoms with Crippen LogP contribution in [0.4, 0.5) is 0 Å². The van der Waals surface area contributed by atoms with Crippen molar-refractivity contribution in [2.75, 3.05) is 19.6 Å². The molecule has 1 aliphatic carbocycles. The SMILES string of the molecule is CCCc1ccc(CC(=O)NC2CC2)cc1C.Cc1ccc(CCN2CCC(C)CC2)cc1. The van der Waals surface area contributed by atoms with Gasteiger partial charge in [0.25, 0.3) is 0 Å². The van der Waals surface area contributed by atoms with E-state index in [-0.39, 0.29) is 5.91 Å². The molecule has 0 spiro atoms. The van der Waals surface area contributed by atoms with Gasteiger partial charge >= 0.3 is 0 Å². The van der Waals surface area contributed by atoms with E-state index in [9.17, 15) is 4.79 Å². The van der Waals surface area contributed by atoms with Crippen LogP contribution in [0.15, 0.2) is 42.5 Å². The molecule has 1 N–H and O–H groups in total. The standard InChI is InChI=1S/C15H21NO.C15H23N/c1-3-4-13-6-5-12(9-11(13)2)10-15(17)16-14-7-8-14;1-13-3-5-15(6-4-13)9-12-16-10-7-14(2)8-11-16/h5-6,9,14H,3-4,7-8,10H2,1-2H3,(H,16,17);3-6,14H,7-12H2,1-2H3. The first kappa shape index (κ1) is 25.5. The minimum Gasteiger partial charge on any atom is -0.353 e. The second kappa shape index (κ2) is 12.9. The molecule has 33 heavy (non-hydrogen) atoms. The Bertz CT molecular complexity index is 861. The molecule has 2 aromatic rings. The molecule has 1 saturated heterocycles. The van der Waals surface area contributed by atoms with E-state index >= 15 is 0 Å². The summed E-state index contributed by atoms with van der Waals surface area (Å²) in [7, 11) is 0. The lowest BCUT2D eigenvalue weighted by molar-refractivity contribution is -0.120. The third kappa shape index (κ3) is 9.33. The maximum atomic E-state index is 11.7. The number of carbonyl (C=O) groups is 1. The van der Waals surface area contributed by atoms with Crippen LogP contribution in [0, 0.1) is 19.8 Å². The lowest BCUT2D eigenvalue weighted by Crippen LogP contribution is -2.34. The number of carbonyl (C=O) groups excluding carboxylic acids is 1. The van der Waals surface area contributed by atoms with Crippen LogP contribution in [-0.4, -0.2) is 36.5 Å². The third-order valence-electron chi connectivity index (χ3n) is 6.95. The van der Waals surface area contributed by atoms with E-state index in [0.29, 0.717) is 12.5 Å². The van der Waals surface area contributed by atoms with Gasteiger partial charge in [-0.1, -0.05) is 68.3 Å². The fraction of sp³-hybridized carbons (Fsp3) is 0.567. The van der Waals surface area contributed by atoms with E-state index in [0.717, 1.165) is 30.7 Å². The molecule has 1 aliphatic heterocycles. The summed E-state index contributed by atoms with van der Waals surface area (Å²) in [5.41, 5.74) is 6.67. The average Bonchev–Trinajstić information content (AvgIpc) is 3.61. The zero-order valence-corrected chi connectivity index (χ0v) is 21.3. The number of nitrogens with one attached hydrogen (secondary N) is 1. The maximum absolute atomic E-state index is 11.7.